The minimum atomic E-state index is 0.127. The fourth-order valence-electron chi connectivity index (χ4n) is 5.72. The zero-order valence-corrected chi connectivity index (χ0v) is 17.1. The van der Waals surface area contributed by atoms with Crippen molar-refractivity contribution >= 4 is 15.9 Å². The van der Waals surface area contributed by atoms with Crippen LogP contribution in [0.15, 0.2) is 16.6 Å². The topological polar surface area (TPSA) is 30.5 Å². The highest BCUT2D eigenvalue weighted by atomic mass is 79.9. The number of hydrogen-bond donors (Lipinski definition) is 1. The van der Waals surface area contributed by atoms with Crippen molar-refractivity contribution in [3.8, 4) is 11.5 Å². The summed E-state index contributed by atoms with van der Waals surface area (Å²) in [7, 11) is 1.71. The third-order valence-corrected chi connectivity index (χ3v) is 7.00. The predicted octanol–water partition coefficient (Wildman–Crippen LogP) is 5.16. The minimum absolute atomic E-state index is 0.127. The number of benzene rings is 1. The van der Waals surface area contributed by atoms with E-state index >= 15 is 0 Å². The maximum absolute atomic E-state index is 5.90. The van der Waals surface area contributed by atoms with Gasteiger partial charge in [0.1, 0.15) is 0 Å². The van der Waals surface area contributed by atoms with E-state index in [1.807, 2.05) is 13.8 Å². The summed E-state index contributed by atoms with van der Waals surface area (Å²) in [5.41, 5.74) is 1.26. The Kier molecular flexibility index (Phi) is 5.02. The number of nitrogens with one attached hydrogen (secondary N) is 1. The average molecular weight is 408 g/mol. The molecular weight excluding hydrogens is 378 g/mol. The van der Waals surface area contributed by atoms with Crippen LogP contribution in [0.4, 0.5) is 0 Å². The van der Waals surface area contributed by atoms with Crippen LogP contribution in [0.5, 0.6) is 11.5 Å². The van der Waals surface area contributed by atoms with Crippen molar-refractivity contribution < 1.29 is 9.47 Å². The summed E-state index contributed by atoms with van der Waals surface area (Å²) in [6.07, 6.45) is 7.47. The van der Waals surface area contributed by atoms with E-state index in [-0.39, 0.29) is 6.10 Å². The Morgan fingerprint density at radius 1 is 1.08 bits per heavy atom. The van der Waals surface area contributed by atoms with Crippen LogP contribution in [0.1, 0.15) is 51.5 Å². The maximum atomic E-state index is 5.90. The monoisotopic (exact) mass is 407 g/mol. The van der Waals surface area contributed by atoms with Crippen molar-refractivity contribution in [3.63, 3.8) is 0 Å². The second-order valence-electron chi connectivity index (χ2n) is 8.61. The van der Waals surface area contributed by atoms with E-state index < -0.39 is 0 Å². The van der Waals surface area contributed by atoms with E-state index in [2.05, 4.69) is 33.4 Å². The summed E-state index contributed by atoms with van der Waals surface area (Å²) in [4.78, 5) is 0. The van der Waals surface area contributed by atoms with Crippen LogP contribution in [0.2, 0.25) is 0 Å². The van der Waals surface area contributed by atoms with Gasteiger partial charge in [-0.3, -0.25) is 0 Å². The molecule has 1 aromatic rings. The summed E-state index contributed by atoms with van der Waals surface area (Å²) in [5.74, 6) is 5.49. The van der Waals surface area contributed by atoms with Crippen LogP contribution in [0.25, 0.3) is 0 Å². The molecule has 0 spiro atoms. The van der Waals surface area contributed by atoms with Crippen molar-refractivity contribution in [2.45, 2.75) is 64.6 Å². The quantitative estimate of drug-likeness (QED) is 0.706. The van der Waals surface area contributed by atoms with Crippen LogP contribution < -0.4 is 14.8 Å². The fourth-order valence-corrected chi connectivity index (χ4v) is 6.30. The van der Waals surface area contributed by atoms with Crippen molar-refractivity contribution in [3.05, 3.63) is 22.2 Å². The lowest BCUT2D eigenvalue weighted by atomic mass is 9.54. The second kappa shape index (κ2) is 7.11. The van der Waals surface area contributed by atoms with Crippen molar-refractivity contribution in [2.75, 3.05) is 7.11 Å². The van der Waals surface area contributed by atoms with E-state index in [0.717, 1.165) is 46.2 Å². The van der Waals surface area contributed by atoms with Gasteiger partial charge in [0, 0.05) is 12.6 Å². The van der Waals surface area contributed by atoms with E-state index in [1.54, 1.807) is 7.11 Å². The average Bonchev–Trinajstić information content (AvgIpc) is 2.55. The third-order valence-electron chi connectivity index (χ3n) is 6.41. The maximum Gasteiger partial charge on any atom is 0.175 e. The molecule has 0 heterocycles. The number of hydrogen-bond acceptors (Lipinski definition) is 3. The molecule has 1 N–H and O–H groups in total. The normalized spacial score (nSPS) is 33.1. The third kappa shape index (κ3) is 3.57. The molecule has 0 saturated heterocycles. The molecule has 0 unspecified atom stereocenters. The Morgan fingerprint density at radius 2 is 1.72 bits per heavy atom. The van der Waals surface area contributed by atoms with E-state index in [0.29, 0.717) is 6.04 Å². The van der Waals surface area contributed by atoms with Gasteiger partial charge >= 0.3 is 0 Å². The SMILES string of the molecule is COc1cc(CNC2C3CC4CC(C3)CC2C4)cc(Br)c1OC(C)C. The van der Waals surface area contributed by atoms with Gasteiger partial charge in [-0.05, 0) is 103 Å². The molecule has 4 bridgehead atoms. The van der Waals surface area contributed by atoms with Crippen molar-refractivity contribution in [1.29, 1.82) is 0 Å². The smallest absolute Gasteiger partial charge is 0.175 e. The number of ether oxygens (including phenoxy) is 2. The molecule has 4 aliphatic carbocycles. The molecule has 3 nitrogen and oxygen atoms in total. The molecule has 1 aromatic carbocycles. The molecule has 4 saturated carbocycles. The fraction of sp³-hybridized carbons (Fsp3) is 0.714. The predicted molar refractivity (Wildman–Crippen MR) is 104 cm³/mol. The number of rotatable bonds is 6. The summed E-state index contributed by atoms with van der Waals surface area (Å²) < 4.78 is 12.4. The Bertz CT molecular complexity index is 603. The molecule has 4 aliphatic rings. The molecule has 0 amide bonds. The van der Waals surface area contributed by atoms with Gasteiger partial charge in [-0.2, -0.15) is 0 Å². The lowest BCUT2D eigenvalue weighted by Gasteiger charge is -2.54. The van der Waals surface area contributed by atoms with E-state index in [9.17, 15) is 0 Å². The van der Waals surface area contributed by atoms with Crippen LogP contribution >= 0.6 is 15.9 Å². The Balaban J connectivity index is 1.45. The summed E-state index contributed by atoms with van der Waals surface area (Å²) >= 11 is 3.66. The number of methoxy groups -OCH3 is 1. The first-order chi connectivity index (χ1) is 12.0. The molecule has 138 valence electrons. The van der Waals surface area contributed by atoms with Gasteiger partial charge in [-0.25, -0.2) is 0 Å². The van der Waals surface area contributed by atoms with Crippen molar-refractivity contribution in [1.82, 2.24) is 5.32 Å². The Morgan fingerprint density at radius 3 is 2.28 bits per heavy atom. The summed E-state index contributed by atoms with van der Waals surface area (Å²) in [6, 6.07) is 5.00. The lowest BCUT2D eigenvalue weighted by Crippen LogP contribution is -2.54. The van der Waals surface area contributed by atoms with E-state index in [4.69, 9.17) is 9.47 Å². The highest BCUT2D eigenvalue weighted by Gasteiger charge is 2.47. The van der Waals surface area contributed by atoms with Gasteiger partial charge < -0.3 is 14.8 Å². The first kappa shape index (κ1) is 17.7. The zero-order valence-electron chi connectivity index (χ0n) is 15.6. The molecule has 5 rings (SSSR count). The molecule has 25 heavy (non-hydrogen) atoms. The van der Waals surface area contributed by atoms with Gasteiger partial charge in [0.2, 0.25) is 0 Å². The number of halogens is 1. The van der Waals surface area contributed by atoms with Crippen LogP contribution in [-0.4, -0.2) is 19.3 Å². The zero-order chi connectivity index (χ0) is 17.6. The summed E-state index contributed by atoms with van der Waals surface area (Å²) in [5, 5.41) is 3.90. The Hall–Kier alpha value is -0.740. The van der Waals surface area contributed by atoms with Gasteiger partial charge in [-0.1, -0.05) is 0 Å². The molecule has 0 atom stereocenters. The van der Waals surface area contributed by atoms with Gasteiger partial charge in [0.25, 0.3) is 0 Å². The highest BCUT2D eigenvalue weighted by Crippen LogP contribution is 2.53. The molecule has 4 heteroatoms. The van der Waals surface area contributed by atoms with Crippen LogP contribution in [0.3, 0.4) is 0 Å². The molecule has 0 aromatic heterocycles. The highest BCUT2D eigenvalue weighted by molar-refractivity contribution is 9.10. The van der Waals surface area contributed by atoms with Crippen LogP contribution in [0, 0.1) is 23.7 Å². The molecular formula is C21H30BrNO2. The largest absolute Gasteiger partial charge is 0.493 e. The van der Waals surface area contributed by atoms with Crippen LogP contribution in [-0.2, 0) is 6.54 Å². The Labute approximate surface area is 160 Å². The van der Waals surface area contributed by atoms with E-state index in [1.165, 1.54) is 37.7 Å². The first-order valence-electron chi connectivity index (χ1n) is 9.80. The lowest BCUT2D eigenvalue weighted by molar-refractivity contribution is -0.0142. The molecule has 0 radical (unpaired) electrons. The van der Waals surface area contributed by atoms with Gasteiger partial charge in [-0.15, -0.1) is 0 Å². The molecule has 4 fully saturated rings. The minimum Gasteiger partial charge on any atom is -0.493 e. The van der Waals surface area contributed by atoms with Gasteiger partial charge in [0.05, 0.1) is 17.7 Å². The second-order valence-corrected chi connectivity index (χ2v) is 9.47. The first-order valence-corrected chi connectivity index (χ1v) is 10.6. The standard InChI is InChI=1S/C21H30BrNO2/c1-12(2)25-21-18(22)9-15(10-19(21)24-3)11-23-20-16-5-13-4-14(7-16)8-17(20)6-13/h9-10,12-14,16-17,20,23H,4-8,11H2,1-3H3. The van der Waals surface area contributed by atoms with Gasteiger partial charge in [0.15, 0.2) is 11.5 Å². The molecule has 0 aliphatic heterocycles. The summed E-state index contributed by atoms with van der Waals surface area (Å²) in [6.45, 7) is 4.98. The van der Waals surface area contributed by atoms with Crippen molar-refractivity contribution in [2.24, 2.45) is 23.7 Å².